The molecule has 0 aliphatic carbocycles. The van der Waals surface area contributed by atoms with Gasteiger partial charge in [0.15, 0.2) is 0 Å². The molecule has 0 bridgehead atoms. The number of carbonyl (C=O) groups is 4. The molecule has 0 unspecified atom stereocenters. The molecule has 144 valence electrons. The number of amides is 3. The summed E-state index contributed by atoms with van der Waals surface area (Å²) in [7, 11) is 0. The van der Waals surface area contributed by atoms with Crippen LogP contribution in [-0.4, -0.2) is 46.7 Å². The number of imide groups is 1. The summed E-state index contributed by atoms with van der Waals surface area (Å²) in [5, 5.41) is 2.60. The Labute approximate surface area is 161 Å². The van der Waals surface area contributed by atoms with Gasteiger partial charge in [-0.1, -0.05) is 12.1 Å². The van der Waals surface area contributed by atoms with Gasteiger partial charge in [-0.25, -0.2) is 9.78 Å². The Morgan fingerprint density at radius 1 is 1.11 bits per heavy atom. The minimum atomic E-state index is -0.494. The van der Waals surface area contributed by atoms with Gasteiger partial charge in [-0.05, 0) is 37.6 Å². The predicted octanol–water partition coefficient (Wildman–Crippen LogP) is 2.27. The second kappa shape index (κ2) is 8.43. The third-order valence-electron chi connectivity index (χ3n) is 4.20. The van der Waals surface area contributed by atoms with E-state index in [1.807, 2.05) is 0 Å². The summed E-state index contributed by atoms with van der Waals surface area (Å²) in [6, 6.07) is 9.57. The molecule has 8 heteroatoms. The Balaban J connectivity index is 1.52. The first-order chi connectivity index (χ1) is 13.5. The Morgan fingerprint density at radius 2 is 1.79 bits per heavy atom. The molecule has 1 aliphatic rings. The van der Waals surface area contributed by atoms with Crippen LogP contribution in [0.1, 0.15) is 50.8 Å². The van der Waals surface area contributed by atoms with Crippen LogP contribution >= 0.6 is 0 Å². The van der Waals surface area contributed by atoms with Crippen molar-refractivity contribution in [3.63, 3.8) is 0 Å². The number of pyridine rings is 1. The maximum absolute atomic E-state index is 12.3. The van der Waals surface area contributed by atoms with E-state index in [2.05, 4.69) is 10.3 Å². The van der Waals surface area contributed by atoms with Crippen molar-refractivity contribution in [3.8, 4) is 0 Å². The van der Waals surface area contributed by atoms with Crippen LogP contribution in [0, 0.1) is 0 Å². The number of nitrogens with zero attached hydrogens (tertiary/aromatic N) is 2. The van der Waals surface area contributed by atoms with E-state index < -0.39 is 5.97 Å². The van der Waals surface area contributed by atoms with Crippen LogP contribution in [0.15, 0.2) is 42.6 Å². The topological polar surface area (TPSA) is 106 Å². The molecule has 1 aromatic carbocycles. The number of hydrogen-bond acceptors (Lipinski definition) is 6. The van der Waals surface area contributed by atoms with Crippen LogP contribution in [0.2, 0.25) is 0 Å². The summed E-state index contributed by atoms with van der Waals surface area (Å²) in [5.74, 6) is -1.28. The van der Waals surface area contributed by atoms with Crippen LogP contribution in [0.4, 0.5) is 5.82 Å². The van der Waals surface area contributed by atoms with Crippen molar-refractivity contribution in [3.05, 3.63) is 59.3 Å². The third kappa shape index (κ3) is 4.06. The summed E-state index contributed by atoms with van der Waals surface area (Å²) < 4.78 is 4.91. The number of nitrogens with one attached hydrogen (secondary N) is 1. The SMILES string of the molecule is CCOC(=O)c1ccnc(NC(=O)CCCN2C(=O)c3ccccc3C2=O)c1. The molecule has 0 radical (unpaired) electrons. The van der Waals surface area contributed by atoms with E-state index in [9.17, 15) is 19.2 Å². The zero-order chi connectivity index (χ0) is 20.1. The van der Waals surface area contributed by atoms with Crippen LogP contribution < -0.4 is 5.32 Å². The van der Waals surface area contributed by atoms with Crippen molar-refractivity contribution in [2.75, 3.05) is 18.5 Å². The molecule has 3 rings (SSSR count). The largest absolute Gasteiger partial charge is 0.462 e. The zero-order valence-corrected chi connectivity index (χ0v) is 15.3. The Kier molecular flexibility index (Phi) is 5.78. The highest BCUT2D eigenvalue weighted by Gasteiger charge is 2.34. The lowest BCUT2D eigenvalue weighted by atomic mass is 10.1. The van der Waals surface area contributed by atoms with Gasteiger partial charge in [-0.15, -0.1) is 0 Å². The fraction of sp³-hybridized carbons (Fsp3) is 0.250. The second-order valence-corrected chi connectivity index (χ2v) is 6.11. The van der Waals surface area contributed by atoms with E-state index in [0.717, 1.165) is 4.90 Å². The van der Waals surface area contributed by atoms with Crippen molar-refractivity contribution in [2.24, 2.45) is 0 Å². The average Bonchev–Trinajstić information content (AvgIpc) is 2.93. The highest BCUT2D eigenvalue weighted by atomic mass is 16.5. The van der Waals surface area contributed by atoms with Gasteiger partial charge in [0.25, 0.3) is 11.8 Å². The van der Waals surface area contributed by atoms with Crippen LogP contribution in [0.5, 0.6) is 0 Å². The molecule has 28 heavy (non-hydrogen) atoms. The van der Waals surface area contributed by atoms with Gasteiger partial charge in [-0.3, -0.25) is 19.3 Å². The summed E-state index contributed by atoms with van der Waals surface area (Å²) in [5.41, 5.74) is 1.06. The first-order valence-corrected chi connectivity index (χ1v) is 8.89. The fourth-order valence-corrected chi connectivity index (χ4v) is 2.89. The molecule has 0 spiro atoms. The minimum absolute atomic E-state index is 0.0960. The number of hydrogen-bond donors (Lipinski definition) is 1. The summed E-state index contributed by atoms with van der Waals surface area (Å²) in [6.45, 7) is 2.10. The van der Waals surface area contributed by atoms with E-state index in [-0.39, 0.29) is 48.7 Å². The minimum Gasteiger partial charge on any atom is -0.462 e. The number of carbonyl (C=O) groups excluding carboxylic acids is 4. The lowest BCUT2D eigenvalue weighted by Gasteiger charge is -2.13. The van der Waals surface area contributed by atoms with Gasteiger partial charge in [-0.2, -0.15) is 0 Å². The summed E-state index contributed by atoms with van der Waals surface area (Å²) >= 11 is 0. The zero-order valence-electron chi connectivity index (χ0n) is 15.3. The summed E-state index contributed by atoms with van der Waals surface area (Å²) in [6.07, 6.45) is 1.81. The van der Waals surface area contributed by atoms with Gasteiger partial charge < -0.3 is 10.1 Å². The van der Waals surface area contributed by atoms with E-state index in [1.165, 1.54) is 18.3 Å². The maximum Gasteiger partial charge on any atom is 0.338 e. The highest BCUT2D eigenvalue weighted by Crippen LogP contribution is 2.22. The standard InChI is InChI=1S/C20H19N3O5/c1-2-28-20(27)13-9-10-21-16(12-13)22-17(24)8-5-11-23-18(25)14-6-3-4-7-15(14)19(23)26/h3-4,6-7,9-10,12H,2,5,8,11H2,1H3,(H,21,22,24). The van der Waals surface area contributed by atoms with Crippen molar-refractivity contribution in [1.82, 2.24) is 9.88 Å². The smallest absolute Gasteiger partial charge is 0.338 e. The van der Waals surface area contributed by atoms with Crippen molar-refractivity contribution in [2.45, 2.75) is 19.8 Å². The predicted molar refractivity (Wildman–Crippen MR) is 99.9 cm³/mol. The number of rotatable bonds is 7. The number of fused-ring (bicyclic) bond motifs is 1. The third-order valence-corrected chi connectivity index (χ3v) is 4.20. The van der Waals surface area contributed by atoms with Crippen LogP contribution in [0.25, 0.3) is 0 Å². The van der Waals surface area contributed by atoms with Crippen LogP contribution in [-0.2, 0) is 9.53 Å². The lowest BCUT2D eigenvalue weighted by Crippen LogP contribution is -2.31. The fourth-order valence-electron chi connectivity index (χ4n) is 2.89. The quantitative estimate of drug-likeness (QED) is 0.583. The van der Waals surface area contributed by atoms with Gasteiger partial charge in [0.1, 0.15) is 5.82 Å². The molecule has 3 amide bonds. The van der Waals surface area contributed by atoms with Crippen molar-refractivity contribution >= 4 is 29.5 Å². The molecule has 0 fully saturated rings. The molecule has 1 aliphatic heterocycles. The molecule has 1 N–H and O–H groups in total. The van der Waals surface area contributed by atoms with Gasteiger partial charge in [0, 0.05) is 19.2 Å². The number of benzene rings is 1. The van der Waals surface area contributed by atoms with Gasteiger partial charge >= 0.3 is 5.97 Å². The summed E-state index contributed by atoms with van der Waals surface area (Å²) in [4.78, 5) is 53.6. The first-order valence-electron chi connectivity index (χ1n) is 8.89. The van der Waals surface area contributed by atoms with Crippen molar-refractivity contribution < 1.29 is 23.9 Å². The molecule has 8 nitrogen and oxygen atoms in total. The Hall–Kier alpha value is -3.55. The van der Waals surface area contributed by atoms with E-state index in [4.69, 9.17) is 4.74 Å². The molecular weight excluding hydrogens is 362 g/mol. The van der Waals surface area contributed by atoms with Crippen LogP contribution in [0.3, 0.4) is 0 Å². The van der Waals surface area contributed by atoms with Crippen molar-refractivity contribution in [1.29, 1.82) is 0 Å². The maximum atomic E-state index is 12.3. The van der Waals surface area contributed by atoms with E-state index >= 15 is 0 Å². The Morgan fingerprint density at radius 3 is 2.43 bits per heavy atom. The van der Waals surface area contributed by atoms with E-state index in [0.29, 0.717) is 17.5 Å². The average molecular weight is 381 g/mol. The molecule has 0 atom stereocenters. The molecule has 1 aromatic heterocycles. The number of aromatic nitrogens is 1. The van der Waals surface area contributed by atoms with E-state index in [1.54, 1.807) is 31.2 Å². The molecule has 2 heterocycles. The Bertz CT molecular complexity index is 906. The lowest BCUT2D eigenvalue weighted by molar-refractivity contribution is -0.116. The van der Waals surface area contributed by atoms with Gasteiger partial charge in [0.05, 0.1) is 23.3 Å². The number of anilines is 1. The monoisotopic (exact) mass is 381 g/mol. The second-order valence-electron chi connectivity index (χ2n) is 6.11. The normalized spacial score (nSPS) is 12.7. The molecular formula is C20H19N3O5. The van der Waals surface area contributed by atoms with Gasteiger partial charge in [0.2, 0.25) is 5.91 Å². The first kappa shape index (κ1) is 19.2. The number of ether oxygens (including phenoxy) is 1. The molecule has 0 saturated heterocycles. The molecule has 0 saturated carbocycles. The molecule has 2 aromatic rings. The highest BCUT2D eigenvalue weighted by molar-refractivity contribution is 6.21. The number of esters is 1.